The van der Waals surface area contributed by atoms with Crippen LogP contribution in [-0.2, 0) is 27.5 Å². The second kappa shape index (κ2) is 14.7. The quantitative estimate of drug-likeness (QED) is 0.304. The van der Waals surface area contributed by atoms with Crippen LogP contribution in [0.1, 0.15) is 24.0 Å². The molecule has 2 atom stereocenters. The minimum absolute atomic E-state index is 0.0639. The second-order valence-electron chi connectivity index (χ2n) is 6.66. The van der Waals surface area contributed by atoms with E-state index in [2.05, 4.69) is 10.6 Å². The zero-order valence-corrected chi connectivity index (χ0v) is 17.0. The summed E-state index contributed by atoms with van der Waals surface area (Å²) in [6, 6.07) is 19.5. The van der Waals surface area contributed by atoms with Gasteiger partial charge in [-0.2, -0.15) is 0 Å². The fourth-order valence-electron chi connectivity index (χ4n) is 2.40. The van der Waals surface area contributed by atoms with Gasteiger partial charge in [0, 0.05) is 25.6 Å². The Morgan fingerprint density at radius 3 is 1.74 bits per heavy atom. The van der Waals surface area contributed by atoms with Gasteiger partial charge in [0.15, 0.2) is 6.10 Å². The maximum Gasteiger partial charge on any atom is 0.333 e. The summed E-state index contributed by atoms with van der Waals surface area (Å²) in [5.74, 6) is -2.91. The molecule has 2 rings (SSSR count). The Kier molecular flexibility index (Phi) is 12.2. The molecule has 0 aromatic heterocycles. The van der Waals surface area contributed by atoms with Crippen LogP contribution in [0, 0.1) is 0 Å². The van der Waals surface area contributed by atoms with E-state index in [0.29, 0.717) is 13.1 Å². The number of carbonyl (C=O) groups excluding carboxylic acids is 1. The molecule has 168 valence electrons. The molecule has 0 aliphatic carbocycles. The third-order valence-corrected chi connectivity index (χ3v) is 4.08. The molecule has 0 saturated carbocycles. The van der Waals surface area contributed by atoms with Gasteiger partial charge in [-0.25, -0.2) is 4.79 Å². The Morgan fingerprint density at radius 2 is 1.32 bits per heavy atom. The number of benzene rings is 2. The summed E-state index contributed by atoms with van der Waals surface area (Å²) in [5.41, 5.74) is 2.19. The van der Waals surface area contributed by atoms with Crippen molar-refractivity contribution in [3.05, 3.63) is 71.8 Å². The first-order valence-corrected chi connectivity index (χ1v) is 9.63. The van der Waals surface area contributed by atoms with Crippen LogP contribution < -0.4 is 10.6 Å². The summed E-state index contributed by atoms with van der Waals surface area (Å²) in [5, 5.41) is 39.6. The number of carboxylic acid groups (broad SMARTS) is 2. The molecule has 0 saturated heterocycles. The molecule has 0 aliphatic heterocycles. The summed E-state index contributed by atoms with van der Waals surface area (Å²) in [6.07, 6.45) is -2.28. The summed E-state index contributed by atoms with van der Waals surface area (Å²) in [7, 11) is 0. The number of hydrogen-bond acceptors (Lipinski definition) is 6. The van der Waals surface area contributed by atoms with Crippen molar-refractivity contribution in [3.63, 3.8) is 0 Å². The van der Waals surface area contributed by atoms with Gasteiger partial charge in [0.05, 0.1) is 13.0 Å². The van der Waals surface area contributed by atoms with Gasteiger partial charge in [-0.3, -0.25) is 9.59 Å². The minimum Gasteiger partial charge on any atom is -0.481 e. The molecule has 0 bridgehead atoms. The highest BCUT2D eigenvalue weighted by Gasteiger charge is 2.16. The molecule has 2 unspecified atom stereocenters. The van der Waals surface area contributed by atoms with Crippen LogP contribution in [0.2, 0.25) is 0 Å². The SMILES string of the molecule is O=C(CC(CO)NCc1ccccc1)NCc1ccccc1.O=C(O)CC(O)C(=O)O. The summed E-state index contributed by atoms with van der Waals surface area (Å²) in [6.45, 7) is 1.08. The molecule has 0 fully saturated rings. The lowest BCUT2D eigenvalue weighted by atomic mass is 10.1. The molecule has 9 heteroatoms. The topological polar surface area (TPSA) is 156 Å². The fourth-order valence-corrected chi connectivity index (χ4v) is 2.40. The zero-order valence-electron chi connectivity index (χ0n) is 17.0. The van der Waals surface area contributed by atoms with Crippen LogP contribution in [0.25, 0.3) is 0 Å². The number of aliphatic hydroxyl groups is 2. The first-order valence-electron chi connectivity index (χ1n) is 9.63. The lowest BCUT2D eigenvalue weighted by Crippen LogP contribution is -2.37. The zero-order chi connectivity index (χ0) is 23.1. The largest absolute Gasteiger partial charge is 0.481 e. The van der Waals surface area contributed by atoms with Gasteiger partial charge in [-0.1, -0.05) is 60.7 Å². The minimum atomic E-state index is -1.79. The van der Waals surface area contributed by atoms with E-state index < -0.39 is 24.5 Å². The van der Waals surface area contributed by atoms with Crippen molar-refractivity contribution in [2.24, 2.45) is 0 Å². The Balaban J connectivity index is 0.000000452. The van der Waals surface area contributed by atoms with Gasteiger partial charge in [-0.05, 0) is 11.1 Å². The average molecular weight is 432 g/mol. The van der Waals surface area contributed by atoms with Crippen LogP contribution in [0.15, 0.2) is 60.7 Å². The van der Waals surface area contributed by atoms with Crippen molar-refractivity contribution < 1.29 is 34.8 Å². The molecule has 0 aliphatic rings. The van der Waals surface area contributed by atoms with E-state index in [1.807, 2.05) is 60.7 Å². The first-order chi connectivity index (χ1) is 14.8. The van der Waals surface area contributed by atoms with Gasteiger partial charge < -0.3 is 31.1 Å². The van der Waals surface area contributed by atoms with Crippen LogP contribution in [-0.4, -0.2) is 57.0 Å². The number of nitrogens with one attached hydrogen (secondary N) is 2. The van der Waals surface area contributed by atoms with Gasteiger partial charge in [-0.15, -0.1) is 0 Å². The predicted molar refractivity (Wildman–Crippen MR) is 113 cm³/mol. The van der Waals surface area contributed by atoms with E-state index in [-0.39, 0.29) is 25.0 Å². The van der Waals surface area contributed by atoms with E-state index >= 15 is 0 Å². The highest BCUT2D eigenvalue weighted by molar-refractivity contribution is 5.79. The molecular formula is C22H28N2O7. The van der Waals surface area contributed by atoms with Crippen molar-refractivity contribution in [3.8, 4) is 0 Å². The molecule has 2 aromatic rings. The van der Waals surface area contributed by atoms with Gasteiger partial charge in [0.2, 0.25) is 5.91 Å². The highest BCUT2D eigenvalue weighted by atomic mass is 16.4. The van der Waals surface area contributed by atoms with Crippen molar-refractivity contribution in [1.29, 1.82) is 0 Å². The Hall–Kier alpha value is -3.27. The van der Waals surface area contributed by atoms with Crippen molar-refractivity contribution in [2.45, 2.75) is 38.1 Å². The highest BCUT2D eigenvalue weighted by Crippen LogP contribution is 2.01. The van der Waals surface area contributed by atoms with Gasteiger partial charge in [0.25, 0.3) is 0 Å². The molecule has 2 aromatic carbocycles. The maximum atomic E-state index is 11.9. The number of carbonyl (C=O) groups is 3. The van der Waals surface area contributed by atoms with E-state index in [1.54, 1.807) is 0 Å². The Labute approximate surface area is 180 Å². The molecule has 31 heavy (non-hydrogen) atoms. The molecule has 9 nitrogen and oxygen atoms in total. The molecule has 1 amide bonds. The van der Waals surface area contributed by atoms with Crippen LogP contribution >= 0.6 is 0 Å². The number of rotatable bonds is 11. The number of aliphatic carboxylic acids is 2. The van der Waals surface area contributed by atoms with E-state index in [4.69, 9.17) is 15.3 Å². The van der Waals surface area contributed by atoms with Crippen molar-refractivity contribution >= 4 is 17.8 Å². The number of aliphatic hydroxyl groups excluding tert-OH is 2. The second-order valence-corrected chi connectivity index (χ2v) is 6.66. The summed E-state index contributed by atoms with van der Waals surface area (Å²) < 4.78 is 0. The molecular weight excluding hydrogens is 404 g/mol. The van der Waals surface area contributed by atoms with Crippen molar-refractivity contribution in [2.75, 3.05) is 6.61 Å². The van der Waals surface area contributed by atoms with E-state index in [0.717, 1.165) is 11.1 Å². The fraction of sp³-hybridized carbons (Fsp3) is 0.318. The van der Waals surface area contributed by atoms with Crippen molar-refractivity contribution in [1.82, 2.24) is 10.6 Å². The third kappa shape index (κ3) is 12.1. The van der Waals surface area contributed by atoms with Gasteiger partial charge >= 0.3 is 11.9 Å². The molecule has 0 heterocycles. The number of hydrogen-bond donors (Lipinski definition) is 6. The summed E-state index contributed by atoms with van der Waals surface area (Å²) >= 11 is 0. The van der Waals surface area contributed by atoms with E-state index in [1.165, 1.54) is 0 Å². The lowest BCUT2D eigenvalue weighted by Gasteiger charge is -2.16. The number of amides is 1. The van der Waals surface area contributed by atoms with E-state index in [9.17, 15) is 19.5 Å². The maximum absolute atomic E-state index is 11.9. The monoisotopic (exact) mass is 432 g/mol. The smallest absolute Gasteiger partial charge is 0.333 e. The standard InChI is InChI=1S/C18H22N2O2.C4H6O5/c21-14-17(19-12-15-7-3-1-4-8-15)11-18(22)20-13-16-9-5-2-6-10-16;5-2(4(8)9)1-3(6)7/h1-10,17,19,21H,11-14H2,(H,20,22);2,5H,1H2,(H,6,7)(H,8,9). The molecule has 0 radical (unpaired) electrons. The Morgan fingerprint density at radius 1 is 0.806 bits per heavy atom. The van der Waals surface area contributed by atoms with Crippen LogP contribution in [0.3, 0.4) is 0 Å². The Bertz CT molecular complexity index is 800. The predicted octanol–water partition coefficient (Wildman–Crippen LogP) is 0.750. The van der Waals surface area contributed by atoms with Gasteiger partial charge in [0.1, 0.15) is 0 Å². The molecule has 6 N–H and O–H groups in total. The first kappa shape index (κ1) is 25.8. The summed E-state index contributed by atoms with van der Waals surface area (Å²) in [4.78, 5) is 31.3. The normalized spacial score (nSPS) is 12.1. The third-order valence-electron chi connectivity index (χ3n) is 4.08. The molecule has 0 spiro atoms. The average Bonchev–Trinajstić information content (AvgIpc) is 2.76. The van der Waals surface area contributed by atoms with Crippen LogP contribution in [0.5, 0.6) is 0 Å². The number of carboxylic acids is 2. The lowest BCUT2D eigenvalue weighted by molar-refractivity contribution is -0.152. The van der Waals surface area contributed by atoms with Crippen LogP contribution in [0.4, 0.5) is 0 Å².